The summed E-state index contributed by atoms with van der Waals surface area (Å²) in [4.78, 5) is 20.1. The molecular weight excluding hydrogens is 440 g/mol. The van der Waals surface area contributed by atoms with Crippen LogP contribution in [0.4, 0.5) is 10.7 Å². The number of methoxy groups -OCH3 is 1. The largest absolute Gasteiger partial charge is 0.467 e. The summed E-state index contributed by atoms with van der Waals surface area (Å²) >= 11 is 0. The molecule has 1 saturated heterocycles. The minimum absolute atomic E-state index is 0.0890. The van der Waals surface area contributed by atoms with E-state index in [0.29, 0.717) is 12.8 Å². The fraction of sp³-hybridized carbons (Fsp3) is 0.400. The van der Waals surface area contributed by atoms with Crippen molar-refractivity contribution in [3.05, 3.63) is 24.3 Å². The molecule has 30 heavy (non-hydrogen) atoms. The molecule has 1 aliphatic heterocycles. The molecule has 2 amide bonds. The molecule has 15 heteroatoms. The maximum atomic E-state index is 12.9. The summed E-state index contributed by atoms with van der Waals surface area (Å²) in [5.41, 5.74) is 0. The topological polar surface area (TPSA) is 162 Å². The summed E-state index contributed by atoms with van der Waals surface area (Å²) in [6.07, 6.45) is 1.27. The summed E-state index contributed by atoms with van der Waals surface area (Å²) in [6.45, 7) is 0.299. The van der Waals surface area contributed by atoms with Gasteiger partial charge in [0.25, 0.3) is 26.0 Å². The zero-order valence-corrected chi connectivity index (χ0v) is 17.7. The monoisotopic (exact) mass is 460 g/mol. The number of sulfonamides is 2. The van der Waals surface area contributed by atoms with Gasteiger partial charge in [0, 0.05) is 13.6 Å². The van der Waals surface area contributed by atoms with Gasteiger partial charge >= 0.3 is 12.0 Å². The van der Waals surface area contributed by atoms with E-state index in [9.17, 15) is 21.6 Å². The van der Waals surface area contributed by atoms with Crippen molar-refractivity contribution < 1.29 is 31.2 Å². The van der Waals surface area contributed by atoms with Gasteiger partial charge in [-0.1, -0.05) is 16.6 Å². The van der Waals surface area contributed by atoms with E-state index in [4.69, 9.17) is 9.57 Å². The SMILES string of the molecule is COc1nc(NC(=O)NS(=O)(=O)c2ccccc2S(=O)(=O)N2CCCCO2)nn1C. The number of nitrogens with zero attached hydrogens (tertiary/aromatic N) is 4. The van der Waals surface area contributed by atoms with Crippen LogP contribution in [0.25, 0.3) is 0 Å². The Bertz CT molecular complexity index is 1140. The van der Waals surface area contributed by atoms with Crippen molar-refractivity contribution in [1.29, 1.82) is 0 Å². The first-order valence-electron chi connectivity index (χ1n) is 8.68. The molecule has 0 bridgehead atoms. The summed E-state index contributed by atoms with van der Waals surface area (Å²) in [5.74, 6) is -0.204. The van der Waals surface area contributed by atoms with Crippen LogP contribution < -0.4 is 14.8 Å². The predicted octanol–water partition coefficient (Wildman–Crippen LogP) is 0.0502. The standard InChI is InChI=1S/C15H20N6O7S2/c1-20-15(27-2)17-13(18-20)16-14(22)19-29(23,24)11-7-3-4-8-12(11)30(25,26)21-9-5-6-10-28-21/h3-4,7-8H,5-6,9-10H2,1-2H3,(H2,16,18,19,22). The highest BCUT2D eigenvalue weighted by Gasteiger charge is 2.33. The number of aromatic nitrogens is 3. The quantitative estimate of drug-likeness (QED) is 0.606. The molecule has 1 aliphatic rings. The van der Waals surface area contributed by atoms with Crippen LogP contribution in [0.5, 0.6) is 6.01 Å². The Balaban J connectivity index is 1.85. The average Bonchev–Trinajstić information content (AvgIpc) is 3.07. The van der Waals surface area contributed by atoms with Crippen LogP contribution in [-0.4, -0.2) is 62.4 Å². The van der Waals surface area contributed by atoms with Crippen LogP contribution in [0.3, 0.4) is 0 Å². The molecule has 2 N–H and O–H groups in total. The molecule has 1 aromatic heterocycles. The van der Waals surface area contributed by atoms with Gasteiger partial charge in [0.2, 0.25) is 0 Å². The first-order chi connectivity index (χ1) is 14.1. The van der Waals surface area contributed by atoms with Crippen LogP contribution in [0.2, 0.25) is 0 Å². The molecule has 0 radical (unpaired) electrons. The fourth-order valence-corrected chi connectivity index (χ4v) is 5.68. The number of urea groups is 1. The molecule has 2 aromatic rings. The number of carbonyl (C=O) groups is 1. The second-order valence-corrected chi connectivity index (χ2v) is 9.57. The molecule has 0 spiro atoms. The van der Waals surface area contributed by atoms with Gasteiger partial charge in [-0.15, -0.1) is 5.10 Å². The van der Waals surface area contributed by atoms with Gasteiger partial charge in [0.05, 0.1) is 13.7 Å². The number of nitrogens with one attached hydrogen (secondary N) is 2. The summed E-state index contributed by atoms with van der Waals surface area (Å²) in [6, 6.07) is 3.84. The number of aryl methyl sites for hydroxylation is 1. The molecule has 13 nitrogen and oxygen atoms in total. The molecule has 0 atom stereocenters. The van der Waals surface area contributed by atoms with Crippen LogP contribution in [0.15, 0.2) is 34.1 Å². The molecule has 0 saturated carbocycles. The van der Waals surface area contributed by atoms with Gasteiger partial charge in [0.15, 0.2) is 0 Å². The summed E-state index contributed by atoms with van der Waals surface area (Å²) in [7, 11) is -5.96. The van der Waals surface area contributed by atoms with E-state index in [0.717, 1.165) is 16.6 Å². The normalized spacial score (nSPS) is 15.5. The summed E-state index contributed by atoms with van der Waals surface area (Å²) in [5, 5.41) is 5.98. The van der Waals surface area contributed by atoms with E-state index in [1.807, 2.05) is 0 Å². The molecule has 0 unspecified atom stereocenters. The molecule has 164 valence electrons. The van der Waals surface area contributed by atoms with Gasteiger partial charge < -0.3 is 4.74 Å². The van der Waals surface area contributed by atoms with E-state index in [1.165, 1.54) is 31.0 Å². The van der Waals surface area contributed by atoms with Crippen molar-refractivity contribution in [3.8, 4) is 6.01 Å². The predicted molar refractivity (Wildman–Crippen MR) is 102 cm³/mol. The number of ether oxygens (including phenoxy) is 1. The van der Waals surface area contributed by atoms with Crippen molar-refractivity contribution in [3.63, 3.8) is 0 Å². The third kappa shape index (κ3) is 4.53. The Morgan fingerprint density at radius 2 is 1.87 bits per heavy atom. The molecular formula is C15H20N6O7S2. The molecule has 1 fully saturated rings. The van der Waals surface area contributed by atoms with Gasteiger partial charge in [-0.25, -0.2) is 31.0 Å². The average molecular weight is 460 g/mol. The molecule has 0 aliphatic carbocycles. The highest BCUT2D eigenvalue weighted by atomic mass is 32.2. The highest BCUT2D eigenvalue weighted by Crippen LogP contribution is 2.26. The van der Waals surface area contributed by atoms with E-state index in [2.05, 4.69) is 15.4 Å². The first kappa shape index (κ1) is 21.9. The Hall–Kier alpha value is -2.75. The van der Waals surface area contributed by atoms with Crippen LogP contribution >= 0.6 is 0 Å². The van der Waals surface area contributed by atoms with E-state index in [1.54, 1.807) is 4.72 Å². The van der Waals surface area contributed by atoms with Crippen LogP contribution in [-0.2, 0) is 31.9 Å². The molecule has 3 rings (SSSR count). The number of hydrogen-bond acceptors (Lipinski definition) is 9. The number of amides is 2. The minimum atomic E-state index is -4.56. The van der Waals surface area contributed by atoms with Gasteiger partial charge in [-0.2, -0.15) is 4.98 Å². The summed E-state index contributed by atoms with van der Waals surface area (Å²) < 4.78 is 59.9. The lowest BCUT2D eigenvalue weighted by atomic mass is 10.3. The lowest BCUT2D eigenvalue weighted by molar-refractivity contribution is -0.109. The zero-order chi connectivity index (χ0) is 21.9. The van der Waals surface area contributed by atoms with Crippen molar-refractivity contribution in [2.45, 2.75) is 22.6 Å². The smallest absolute Gasteiger partial charge is 0.335 e. The Labute approximate surface area is 173 Å². The number of carbonyl (C=O) groups excluding carboxylic acids is 1. The van der Waals surface area contributed by atoms with Crippen molar-refractivity contribution in [1.82, 2.24) is 24.0 Å². The zero-order valence-electron chi connectivity index (χ0n) is 16.1. The number of hydroxylamine groups is 1. The third-order valence-corrected chi connectivity index (χ3v) is 7.27. The van der Waals surface area contributed by atoms with Crippen LogP contribution in [0.1, 0.15) is 12.8 Å². The lowest BCUT2D eigenvalue weighted by Crippen LogP contribution is -2.38. The van der Waals surface area contributed by atoms with E-state index in [-0.39, 0.29) is 25.1 Å². The maximum absolute atomic E-state index is 12.9. The third-order valence-electron chi connectivity index (χ3n) is 4.01. The Kier molecular flexibility index (Phi) is 6.25. The lowest BCUT2D eigenvalue weighted by Gasteiger charge is -2.26. The van der Waals surface area contributed by atoms with Crippen molar-refractivity contribution in [2.24, 2.45) is 7.05 Å². The van der Waals surface area contributed by atoms with Crippen molar-refractivity contribution in [2.75, 3.05) is 25.6 Å². The maximum Gasteiger partial charge on any atom is 0.335 e. The van der Waals surface area contributed by atoms with Gasteiger partial charge in [-0.3, -0.25) is 10.2 Å². The number of hydrogen-bond donors (Lipinski definition) is 2. The Morgan fingerprint density at radius 3 is 2.47 bits per heavy atom. The second-order valence-electron chi connectivity index (χ2n) is 6.12. The number of rotatable bonds is 6. The minimum Gasteiger partial charge on any atom is -0.467 e. The van der Waals surface area contributed by atoms with Gasteiger partial charge in [0.1, 0.15) is 9.79 Å². The molecule has 1 aromatic carbocycles. The van der Waals surface area contributed by atoms with E-state index >= 15 is 0 Å². The number of benzene rings is 1. The first-order valence-corrected chi connectivity index (χ1v) is 11.6. The highest BCUT2D eigenvalue weighted by molar-refractivity contribution is 7.92. The van der Waals surface area contributed by atoms with E-state index < -0.39 is 35.9 Å². The van der Waals surface area contributed by atoms with Crippen LogP contribution in [0, 0.1) is 0 Å². The number of anilines is 1. The van der Waals surface area contributed by atoms with Gasteiger partial charge in [-0.05, 0) is 25.0 Å². The van der Waals surface area contributed by atoms with Crippen molar-refractivity contribution >= 4 is 32.0 Å². The molecule has 2 heterocycles. The Morgan fingerprint density at radius 1 is 1.17 bits per heavy atom. The second kappa shape index (κ2) is 8.55. The fourth-order valence-electron chi connectivity index (χ4n) is 2.66.